The molecule has 3 rings (SSSR count). The van der Waals surface area contributed by atoms with Gasteiger partial charge in [-0.15, -0.1) is 0 Å². The summed E-state index contributed by atoms with van der Waals surface area (Å²) in [5.41, 5.74) is 7.15. The lowest BCUT2D eigenvalue weighted by Crippen LogP contribution is -2.31. The first-order valence-corrected chi connectivity index (χ1v) is 6.29. The molecule has 1 aromatic carbocycles. The number of carbonyl (C=O) groups is 1. The van der Waals surface area contributed by atoms with Crippen LogP contribution in [0.1, 0.15) is 15.9 Å². The molecular formula is C14H16N4O. The molecule has 19 heavy (non-hydrogen) atoms. The molecule has 2 heterocycles. The van der Waals surface area contributed by atoms with Gasteiger partial charge in [-0.05, 0) is 12.0 Å². The van der Waals surface area contributed by atoms with E-state index in [0.29, 0.717) is 11.6 Å². The molecule has 1 aliphatic rings. The van der Waals surface area contributed by atoms with Crippen LogP contribution < -0.4 is 10.6 Å². The first kappa shape index (κ1) is 11.8. The highest BCUT2D eigenvalue weighted by atomic mass is 16.1. The monoisotopic (exact) mass is 256 g/mol. The Labute approximate surface area is 111 Å². The van der Waals surface area contributed by atoms with Gasteiger partial charge in [-0.3, -0.25) is 4.79 Å². The Kier molecular flexibility index (Phi) is 2.74. The zero-order valence-corrected chi connectivity index (χ0v) is 10.8. The molecule has 2 aromatic rings. The number of aromatic nitrogens is 2. The van der Waals surface area contributed by atoms with E-state index in [1.54, 1.807) is 6.20 Å². The molecule has 0 bridgehead atoms. The molecule has 5 nitrogen and oxygen atoms in total. The third-order valence-electron chi connectivity index (χ3n) is 3.66. The summed E-state index contributed by atoms with van der Waals surface area (Å²) < 4.78 is 1.85. The molecule has 1 unspecified atom stereocenters. The minimum atomic E-state index is -0.423. The van der Waals surface area contributed by atoms with Crippen molar-refractivity contribution in [2.45, 2.75) is 19.0 Å². The molecule has 0 saturated heterocycles. The highest BCUT2D eigenvalue weighted by molar-refractivity contribution is 5.98. The smallest absolute Gasteiger partial charge is 0.254 e. The predicted octanol–water partition coefficient (Wildman–Crippen LogP) is 1.04. The van der Waals surface area contributed by atoms with E-state index < -0.39 is 5.91 Å². The van der Waals surface area contributed by atoms with Crippen molar-refractivity contribution in [2.24, 2.45) is 5.73 Å². The van der Waals surface area contributed by atoms with Crippen LogP contribution in [0.15, 0.2) is 36.5 Å². The number of carbonyl (C=O) groups excluding carboxylic acids is 1. The van der Waals surface area contributed by atoms with Crippen molar-refractivity contribution in [3.05, 3.63) is 47.7 Å². The van der Waals surface area contributed by atoms with E-state index in [-0.39, 0.29) is 0 Å². The summed E-state index contributed by atoms with van der Waals surface area (Å²) in [6, 6.07) is 10.6. The maximum absolute atomic E-state index is 11.4. The lowest BCUT2D eigenvalue weighted by Gasteiger charge is -2.21. The van der Waals surface area contributed by atoms with Gasteiger partial charge in [0.1, 0.15) is 11.4 Å². The van der Waals surface area contributed by atoms with Crippen LogP contribution in [0.3, 0.4) is 0 Å². The van der Waals surface area contributed by atoms with Gasteiger partial charge in [0.2, 0.25) is 0 Å². The number of amides is 1. The summed E-state index contributed by atoms with van der Waals surface area (Å²) in [5, 5.41) is 4.23. The zero-order valence-electron chi connectivity index (χ0n) is 10.8. The summed E-state index contributed by atoms with van der Waals surface area (Å²) in [4.78, 5) is 13.5. The molecular weight excluding hydrogens is 240 g/mol. The second kappa shape index (κ2) is 4.42. The van der Waals surface area contributed by atoms with Crippen molar-refractivity contribution in [3.63, 3.8) is 0 Å². The highest BCUT2D eigenvalue weighted by Crippen LogP contribution is 2.29. The van der Waals surface area contributed by atoms with E-state index in [2.05, 4.69) is 22.1 Å². The summed E-state index contributed by atoms with van der Waals surface area (Å²) in [6.45, 7) is 0.786. The number of hydrogen-bond acceptors (Lipinski definition) is 3. The summed E-state index contributed by atoms with van der Waals surface area (Å²) in [5.74, 6) is 0.405. The maximum Gasteiger partial charge on any atom is 0.254 e. The Balaban J connectivity index is 1.84. The fourth-order valence-corrected chi connectivity index (χ4v) is 2.64. The van der Waals surface area contributed by atoms with Gasteiger partial charge in [-0.1, -0.05) is 30.3 Å². The third-order valence-corrected chi connectivity index (χ3v) is 3.66. The minimum absolute atomic E-state index is 0.309. The molecule has 5 heteroatoms. The van der Waals surface area contributed by atoms with Gasteiger partial charge in [-0.2, -0.15) is 5.10 Å². The number of hydrogen-bond donors (Lipinski definition) is 1. The Bertz CT molecular complexity index is 605. The molecule has 1 aliphatic heterocycles. The van der Waals surface area contributed by atoms with Crippen molar-refractivity contribution in [2.75, 3.05) is 11.9 Å². The second-order valence-electron chi connectivity index (χ2n) is 4.88. The zero-order chi connectivity index (χ0) is 13.4. The average Bonchev–Trinajstić information content (AvgIpc) is 2.93. The van der Waals surface area contributed by atoms with Crippen molar-refractivity contribution in [3.8, 4) is 0 Å². The predicted molar refractivity (Wildman–Crippen MR) is 73.1 cm³/mol. The lowest BCUT2D eigenvalue weighted by molar-refractivity contribution is 0.100. The summed E-state index contributed by atoms with van der Waals surface area (Å²) in [7, 11) is 1.99. The van der Waals surface area contributed by atoms with Crippen LogP contribution in [0.25, 0.3) is 0 Å². The largest absolute Gasteiger partial charge is 0.365 e. The van der Waals surface area contributed by atoms with Gasteiger partial charge < -0.3 is 10.6 Å². The number of nitrogens with two attached hydrogens (primary N) is 1. The Hall–Kier alpha value is -2.30. The SMILES string of the molecule is CN1c2c(C(N)=O)cnn2CC1Cc1ccccc1. The van der Waals surface area contributed by atoms with E-state index >= 15 is 0 Å². The van der Waals surface area contributed by atoms with Crippen LogP contribution >= 0.6 is 0 Å². The first-order valence-electron chi connectivity index (χ1n) is 6.29. The summed E-state index contributed by atoms with van der Waals surface area (Å²) in [6.07, 6.45) is 2.48. The third kappa shape index (κ3) is 1.97. The standard InChI is InChI=1S/C14H16N4O/c1-17-11(7-10-5-3-2-4-6-10)9-18-14(17)12(8-16-18)13(15)19/h2-6,8,11H,7,9H2,1H3,(H2,15,19). The molecule has 0 aliphatic carbocycles. The van der Waals surface area contributed by atoms with Crippen LogP contribution in [0.5, 0.6) is 0 Å². The highest BCUT2D eigenvalue weighted by Gasteiger charge is 2.31. The van der Waals surface area contributed by atoms with Crippen molar-refractivity contribution < 1.29 is 4.79 Å². The Morgan fingerprint density at radius 1 is 1.42 bits per heavy atom. The number of benzene rings is 1. The Morgan fingerprint density at radius 3 is 2.84 bits per heavy atom. The van der Waals surface area contributed by atoms with Gasteiger partial charge in [0.15, 0.2) is 0 Å². The normalized spacial score (nSPS) is 17.5. The topological polar surface area (TPSA) is 64.2 Å². The number of likely N-dealkylation sites (N-methyl/N-ethyl adjacent to an activating group) is 1. The molecule has 98 valence electrons. The van der Waals surface area contributed by atoms with E-state index in [1.807, 2.05) is 29.9 Å². The van der Waals surface area contributed by atoms with Gasteiger partial charge in [-0.25, -0.2) is 4.68 Å². The lowest BCUT2D eigenvalue weighted by atomic mass is 10.1. The van der Waals surface area contributed by atoms with Gasteiger partial charge in [0, 0.05) is 7.05 Å². The quantitative estimate of drug-likeness (QED) is 0.892. The number of rotatable bonds is 3. The minimum Gasteiger partial charge on any atom is -0.365 e. The van der Waals surface area contributed by atoms with Crippen LogP contribution in [0.4, 0.5) is 5.82 Å². The number of anilines is 1. The molecule has 0 fully saturated rings. The average molecular weight is 256 g/mol. The number of primary amides is 1. The van der Waals surface area contributed by atoms with Gasteiger partial charge >= 0.3 is 0 Å². The van der Waals surface area contributed by atoms with Crippen molar-refractivity contribution >= 4 is 11.7 Å². The van der Waals surface area contributed by atoms with E-state index in [0.717, 1.165) is 18.8 Å². The molecule has 0 saturated carbocycles. The van der Waals surface area contributed by atoms with Gasteiger partial charge in [0.25, 0.3) is 5.91 Å². The number of nitrogens with zero attached hydrogens (tertiary/aromatic N) is 3. The fraction of sp³-hybridized carbons (Fsp3) is 0.286. The van der Waals surface area contributed by atoms with E-state index in [4.69, 9.17) is 5.73 Å². The Morgan fingerprint density at radius 2 is 2.16 bits per heavy atom. The molecule has 1 atom stereocenters. The van der Waals surface area contributed by atoms with E-state index in [9.17, 15) is 4.79 Å². The first-order chi connectivity index (χ1) is 9.16. The molecule has 0 radical (unpaired) electrons. The van der Waals surface area contributed by atoms with Crippen molar-refractivity contribution in [1.82, 2.24) is 9.78 Å². The van der Waals surface area contributed by atoms with Crippen LogP contribution in [0.2, 0.25) is 0 Å². The van der Waals surface area contributed by atoms with E-state index in [1.165, 1.54) is 5.56 Å². The fourth-order valence-electron chi connectivity index (χ4n) is 2.64. The molecule has 0 spiro atoms. The van der Waals surface area contributed by atoms with Crippen LogP contribution in [0, 0.1) is 0 Å². The molecule has 1 amide bonds. The second-order valence-corrected chi connectivity index (χ2v) is 4.88. The molecule has 2 N–H and O–H groups in total. The summed E-state index contributed by atoms with van der Waals surface area (Å²) >= 11 is 0. The maximum atomic E-state index is 11.4. The van der Waals surface area contributed by atoms with Gasteiger partial charge in [0.05, 0.1) is 18.8 Å². The van der Waals surface area contributed by atoms with Crippen LogP contribution in [-0.2, 0) is 13.0 Å². The molecule has 1 aromatic heterocycles. The van der Waals surface area contributed by atoms with Crippen LogP contribution in [-0.4, -0.2) is 28.8 Å². The van der Waals surface area contributed by atoms with Crippen molar-refractivity contribution in [1.29, 1.82) is 0 Å². The number of fused-ring (bicyclic) bond motifs is 1.